The van der Waals surface area contributed by atoms with Crippen molar-refractivity contribution in [2.75, 3.05) is 6.61 Å². The second-order valence-electron chi connectivity index (χ2n) is 6.21. The van der Waals surface area contributed by atoms with Gasteiger partial charge in [0.05, 0.1) is 31.0 Å². The van der Waals surface area contributed by atoms with Crippen molar-refractivity contribution >= 4 is 23.1 Å². The number of rotatable bonds is 7. The van der Waals surface area contributed by atoms with Gasteiger partial charge in [-0.2, -0.15) is 0 Å². The van der Waals surface area contributed by atoms with Crippen LogP contribution in [0.2, 0.25) is 0 Å². The predicted octanol–water partition coefficient (Wildman–Crippen LogP) is -4.84. The Balaban J connectivity index is 0.00000280. The summed E-state index contributed by atoms with van der Waals surface area (Å²) in [6, 6.07) is 0. The molecule has 2 aromatic rings. The quantitative estimate of drug-likeness (QED) is 0.270. The molecule has 5 N–H and O–H groups in total. The molecule has 0 spiro atoms. The van der Waals surface area contributed by atoms with Crippen molar-refractivity contribution in [1.82, 2.24) is 19.5 Å². The Labute approximate surface area is 200 Å². The fourth-order valence-corrected chi connectivity index (χ4v) is 3.04. The maximum Gasteiger partial charge on any atom is 1.00 e. The molecule has 12 nitrogen and oxygen atoms in total. The molecular formula is C15H18KN4O8+. The van der Waals surface area contributed by atoms with Crippen LogP contribution in [0.5, 0.6) is 0 Å². The molecule has 0 aliphatic carbocycles. The summed E-state index contributed by atoms with van der Waals surface area (Å²) in [6.45, 7) is -0.489. The maximum absolute atomic E-state index is 11.3. The van der Waals surface area contributed by atoms with Crippen molar-refractivity contribution in [2.45, 2.75) is 37.4 Å². The molecule has 1 saturated heterocycles. The molecule has 5 unspecified atom stereocenters. The minimum Gasteiger partial charge on any atom is -0.481 e. The first-order chi connectivity index (χ1) is 12.8. The summed E-state index contributed by atoms with van der Waals surface area (Å²) < 4.78 is 6.78. The number of hydrogen-bond donors (Lipinski definition) is 5. The zero-order valence-corrected chi connectivity index (χ0v) is 18.0. The van der Waals surface area contributed by atoms with Gasteiger partial charge in [0, 0.05) is 6.42 Å². The zero-order chi connectivity index (χ0) is 19.7. The molecular weight excluding hydrogens is 403 g/mol. The van der Waals surface area contributed by atoms with Gasteiger partial charge in [0.15, 0.2) is 11.9 Å². The monoisotopic (exact) mass is 421 g/mol. The third-order valence-corrected chi connectivity index (χ3v) is 4.44. The molecule has 3 heterocycles. The van der Waals surface area contributed by atoms with Gasteiger partial charge in [0.1, 0.15) is 30.2 Å². The molecule has 1 aliphatic heterocycles. The SMILES string of the molecule is O=C(O)CC(Cc1ncnc2c1ncn2C1OC(CO)C(O)C1O)C(=O)O.[K+]. The van der Waals surface area contributed by atoms with Gasteiger partial charge in [-0.05, 0) is 0 Å². The molecule has 0 radical (unpaired) electrons. The number of carboxylic acid groups (broad SMARTS) is 2. The Morgan fingerprint density at radius 2 is 1.89 bits per heavy atom. The van der Waals surface area contributed by atoms with Crippen LogP contribution in [-0.4, -0.2) is 81.9 Å². The molecule has 3 rings (SSSR count). The molecule has 28 heavy (non-hydrogen) atoms. The van der Waals surface area contributed by atoms with Crippen LogP contribution < -0.4 is 51.4 Å². The number of carboxylic acids is 2. The van der Waals surface area contributed by atoms with Crippen LogP contribution >= 0.6 is 0 Å². The van der Waals surface area contributed by atoms with Crippen LogP contribution in [0.1, 0.15) is 18.3 Å². The van der Waals surface area contributed by atoms with Crippen molar-refractivity contribution in [1.29, 1.82) is 0 Å². The number of aliphatic hydroxyl groups excluding tert-OH is 3. The smallest absolute Gasteiger partial charge is 0.481 e. The molecule has 0 bridgehead atoms. The summed E-state index contributed by atoms with van der Waals surface area (Å²) in [5.41, 5.74) is 0.681. The van der Waals surface area contributed by atoms with Gasteiger partial charge < -0.3 is 30.3 Å². The number of imidazole rings is 1. The van der Waals surface area contributed by atoms with E-state index in [0.717, 1.165) is 6.33 Å². The summed E-state index contributed by atoms with van der Waals surface area (Å²) in [5, 5.41) is 47.3. The van der Waals surface area contributed by atoms with E-state index in [1.807, 2.05) is 0 Å². The third kappa shape index (κ3) is 4.58. The Morgan fingerprint density at radius 3 is 2.46 bits per heavy atom. The van der Waals surface area contributed by atoms with Gasteiger partial charge in [-0.25, -0.2) is 15.0 Å². The molecule has 0 saturated carbocycles. The standard InChI is InChI=1S/C15H18N4O8.K/c20-3-8-11(23)12(24)14(27-8)19-5-18-10-7(16-4-17-13(10)19)1-6(15(25)26)2-9(21)22;/h4-6,8,11-12,14,20,23-24H,1-3H2,(H,21,22)(H,25,26);/q;+1. The summed E-state index contributed by atoms with van der Waals surface area (Å²) in [5.74, 6) is -3.71. The van der Waals surface area contributed by atoms with E-state index in [0.29, 0.717) is 0 Å². The minimum absolute atomic E-state index is 0. The van der Waals surface area contributed by atoms with E-state index in [9.17, 15) is 30.0 Å². The van der Waals surface area contributed by atoms with E-state index in [1.54, 1.807) is 0 Å². The van der Waals surface area contributed by atoms with E-state index >= 15 is 0 Å². The average molecular weight is 421 g/mol. The summed E-state index contributed by atoms with van der Waals surface area (Å²) in [7, 11) is 0. The molecule has 146 valence electrons. The maximum atomic E-state index is 11.3. The number of hydrogen-bond acceptors (Lipinski definition) is 9. The molecule has 5 atom stereocenters. The normalized spacial score (nSPS) is 25.4. The van der Waals surface area contributed by atoms with Gasteiger partial charge in [-0.1, -0.05) is 0 Å². The number of ether oxygens (including phenoxy) is 1. The van der Waals surface area contributed by atoms with Crippen LogP contribution in [0.15, 0.2) is 12.7 Å². The van der Waals surface area contributed by atoms with Crippen molar-refractivity contribution in [3.8, 4) is 0 Å². The number of aromatic nitrogens is 4. The molecule has 0 aromatic carbocycles. The van der Waals surface area contributed by atoms with Crippen LogP contribution in [0.4, 0.5) is 0 Å². The van der Waals surface area contributed by atoms with Crippen molar-refractivity contribution < 1.29 is 91.2 Å². The average Bonchev–Trinajstić information content (AvgIpc) is 3.16. The second-order valence-corrected chi connectivity index (χ2v) is 6.21. The third-order valence-electron chi connectivity index (χ3n) is 4.44. The fourth-order valence-electron chi connectivity index (χ4n) is 3.04. The van der Waals surface area contributed by atoms with E-state index in [1.165, 1.54) is 10.9 Å². The molecule has 13 heteroatoms. The minimum atomic E-state index is -1.34. The fraction of sp³-hybridized carbons (Fsp3) is 0.533. The first-order valence-electron chi connectivity index (χ1n) is 8.07. The predicted molar refractivity (Wildman–Crippen MR) is 85.4 cm³/mol. The summed E-state index contributed by atoms with van der Waals surface area (Å²) in [4.78, 5) is 34.4. The van der Waals surface area contributed by atoms with Crippen molar-refractivity contribution in [2.24, 2.45) is 5.92 Å². The summed E-state index contributed by atoms with van der Waals surface area (Å²) >= 11 is 0. The number of fused-ring (bicyclic) bond motifs is 1. The first-order valence-corrected chi connectivity index (χ1v) is 8.07. The van der Waals surface area contributed by atoms with Crippen LogP contribution in [-0.2, 0) is 20.7 Å². The van der Waals surface area contributed by atoms with Crippen molar-refractivity contribution in [3.63, 3.8) is 0 Å². The van der Waals surface area contributed by atoms with Crippen LogP contribution in [0, 0.1) is 5.92 Å². The number of aliphatic hydroxyl groups is 3. The Hall–Kier alpha value is -1.03. The van der Waals surface area contributed by atoms with E-state index in [4.69, 9.17) is 9.84 Å². The van der Waals surface area contributed by atoms with E-state index < -0.39 is 55.4 Å². The van der Waals surface area contributed by atoms with Crippen LogP contribution in [0.3, 0.4) is 0 Å². The topological polar surface area (TPSA) is 188 Å². The zero-order valence-electron chi connectivity index (χ0n) is 14.9. The Morgan fingerprint density at radius 1 is 1.18 bits per heavy atom. The van der Waals surface area contributed by atoms with E-state index in [2.05, 4.69) is 15.0 Å². The Bertz CT molecular complexity index is 862. The van der Waals surface area contributed by atoms with E-state index in [-0.39, 0.29) is 74.7 Å². The Kier molecular flexibility index (Phi) is 8.01. The van der Waals surface area contributed by atoms with Gasteiger partial charge in [-0.15, -0.1) is 0 Å². The molecule has 2 aromatic heterocycles. The first kappa shape index (κ1) is 23.2. The van der Waals surface area contributed by atoms with Gasteiger partial charge in [0.2, 0.25) is 0 Å². The van der Waals surface area contributed by atoms with Crippen molar-refractivity contribution in [3.05, 3.63) is 18.3 Å². The molecule has 1 fully saturated rings. The molecule has 1 aliphatic rings. The van der Waals surface area contributed by atoms with Gasteiger partial charge >= 0.3 is 63.3 Å². The van der Waals surface area contributed by atoms with Crippen LogP contribution in [0.25, 0.3) is 11.2 Å². The summed E-state index contributed by atoms with van der Waals surface area (Å²) in [6.07, 6.45) is -2.96. The number of carbonyl (C=O) groups is 2. The van der Waals surface area contributed by atoms with Gasteiger partial charge in [0.25, 0.3) is 0 Å². The number of nitrogens with zero attached hydrogens (tertiary/aromatic N) is 4. The second kappa shape index (κ2) is 9.64. The molecule has 0 amide bonds. The number of aliphatic carboxylic acids is 2. The largest absolute Gasteiger partial charge is 1.00 e. The van der Waals surface area contributed by atoms with Gasteiger partial charge in [-0.3, -0.25) is 14.2 Å².